The van der Waals surface area contributed by atoms with Gasteiger partial charge in [-0.15, -0.1) is 0 Å². The molecule has 6 atom stereocenters. The SMILES string of the molecule is CN1C(=O)[C@@](CCC2CCCCC2)(C[C@H]2CCC[C@@H](NC(=O)Nc3ccccc3)C2)N=C1N.CN1C(=O)[C@@](CCC2CCCCC2)(C[C@H]2CCC[C@H](NCc3ccncc3)C2)N=C1N. The average molecular weight is 879 g/mol. The number of carbonyl (C=O) groups excluding carboxylic acids is 3. The van der Waals surface area contributed by atoms with Crippen molar-refractivity contribution in [2.24, 2.45) is 45.1 Å². The van der Waals surface area contributed by atoms with E-state index < -0.39 is 11.1 Å². The van der Waals surface area contributed by atoms with Gasteiger partial charge in [-0.1, -0.05) is 108 Å². The number of para-hydroxylation sites is 1. The number of guanidine groups is 2. The van der Waals surface area contributed by atoms with Gasteiger partial charge >= 0.3 is 6.03 Å². The quantitative estimate of drug-likeness (QED) is 0.119. The molecule has 2 aliphatic heterocycles. The van der Waals surface area contributed by atoms with Crippen LogP contribution >= 0.6 is 0 Å². The fraction of sp³-hybridized carbons (Fsp3) is 0.686. The molecule has 4 amide bonds. The second-order valence-corrected chi connectivity index (χ2v) is 20.4. The van der Waals surface area contributed by atoms with Gasteiger partial charge in [0.05, 0.1) is 0 Å². The molecule has 0 spiro atoms. The normalized spacial score (nSPS) is 29.2. The number of carbonyl (C=O) groups is 3. The number of nitrogens with one attached hydrogen (secondary N) is 3. The lowest BCUT2D eigenvalue weighted by atomic mass is 9.74. The average Bonchev–Trinajstić information content (AvgIpc) is 3.66. The largest absolute Gasteiger partial charge is 0.369 e. The number of amides is 4. The van der Waals surface area contributed by atoms with Crippen LogP contribution < -0.4 is 27.4 Å². The zero-order valence-corrected chi connectivity index (χ0v) is 39.0. The van der Waals surface area contributed by atoms with Crippen molar-refractivity contribution in [3.63, 3.8) is 0 Å². The Bertz CT molecular complexity index is 1880. The van der Waals surface area contributed by atoms with Crippen LogP contribution in [0.5, 0.6) is 0 Å². The van der Waals surface area contributed by atoms with Gasteiger partial charge in [-0.2, -0.15) is 0 Å². The second-order valence-electron chi connectivity index (χ2n) is 20.4. The van der Waals surface area contributed by atoms with Crippen LogP contribution in [-0.4, -0.2) is 81.8 Å². The summed E-state index contributed by atoms with van der Waals surface area (Å²) in [4.78, 5) is 55.9. The Morgan fingerprint density at radius 3 is 1.62 bits per heavy atom. The number of nitrogens with two attached hydrogens (primary N) is 2. The van der Waals surface area contributed by atoms with Crippen molar-refractivity contribution in [2.75, 3.05) is 19.4 Å². The highest BCUT2D eigenvalue weighted by atomic mass is 16.2. The van der Waals surface area contributed by atoms with Gasteiger partial charge in [-0.3, -0.25) is 24.4 Å². The minimum absolute atomic E-state index is 0.0488. The summed E-state index contributed by atoms with van der Waals surface area (Å²) in [5.41, 5.74) is 12.9. The minimum Gasteiger partial charge on any atom is -0.369 e. The summed E-state index contributed by atoms with van der Waals surface area (Å²) in [5, 5.41) is 9.79. The van der Waals surface area contributed by atoms with Crippen LogP contribution in [0.2, 0.25) is 0 Å². The molecule has 7 N–H and O–H groups in total. The summed E-state index contributed by atoms with van der Waals surface area (Å²) in [7, 11) is 3.52. The van der Waals surface area contributed by atoms with E-state index in [1.54, 1.807) is 19.0 Å². The van der Waals surface area contributed by atoms with Crippen molar-refractivity contribution in [1.29, 1.82) is 0 Å². The fourth-order valence-corrected chi connectivity index (χ4v) is 12.0. The van der Waals surface area contributed by atoms with Gasteiger partial charge in [-0.25, -0.2) is 14.8 Å². The number of nitrogens with zero attached hydrogens (tertiary/aromatic N) is 5. The molecule has 4 saturated carbocycles. The molecule has 4 aliphatic carbocycles. The number of likely N-dealkylation sites (N-methyl/N-ethyl adjacent to an activating group) is 2. The standard InChI is InChI=1S/C26H39N5O2.C25H39N5O/c1-31-23(32)26(30-24(31)27,16-15-19-9-4-2-5-10-19)18-20-11-8-14-22(17-20)29-25(33)28-21-12-6-3-7-13-21;1-30-23(31)25(29-24(30)26,13-10-19-6-3-2-4-7-19)17-21-8-5-9-22(16-21)28-18-20-11-14-27-15-12-20/h3,6-7,12-13,19-20,22H,2,4-5,8-11,14-18H2,1H3,(H2,27,30)(H2,28,29,33);11-12,14-15,19,21-22,28H,2-10,13,16-18H2,1H3,(H2,26,29)/t20-,22+,26+;21-,22-,25+/m00/s1. The van der Waals surface area contributed by atoms with Crippen molar-refractivity contribution >= 4 is 35.5 Å². The molecule has 0 saturated heterocycles. The predicted octanol–water partition coefficient (Wildman–Crippen LogP) is 8.65. The zero-order chi connectivity index (χ0) is 44.9. The molecule has 64 heavy (non-hydrogen) atoms. The van der Waals surface area contributed by atoms with Gasteiger partial charge in [0.2, 0.25) is 0 Å². The zero-order valence-electron chi connectivity index (χ0n) is 39.0. The highest BCUT2D eigenvalue weighted by molar-refractivity contribution is 6.07. The van der Waals surface area contributed by atoms with E-state index >= 15 is 0 Å². The monoisotopic (exact) mass is 879 g/mol. The Hall–Kier alpha value is -4.52. The van der Waals surface area contributed by atoms with Crippen LogP contribution in [0.3, 0.4) is 0 Å². The summed E-state index contributed by atoms with van der Waals surface area (Å²) in [6, 6.07) is 14.1. The molecule has 0 bridgehead atoms. The molecule has 1 aromatic carbocycles. The maximum Gasteiger partial charge on any atom is 0.319 e. The number of rotatable bonds is 15. The first-order valence-corrected chi connectivity index (χ1v) is 25.0. The molecule has 13 nitrogen and oxygen atoms in total. The van der Waals surface area contributed by atoms with Gasteiger partial charge in [-0.05, 0) is 118 Å². The van der Waals surface area contributed by atoms with Crippen LogP contribution in [0, 0.1) is 23.7 Å². The third-order valence-corrected chi connectivity index (χ3v) is 15.7. The minimum atomic E-state index is -0.727. The molecule has 8 rings (SSSR count). The Balaban J connectivity index is 0.000000192. The van der Waals surface area contributed by atoms with E-state index in [0.29, 0.717) is 35.7 Å². The lowest BCUT2D eigenvalue weighted by Gasteiger charge is -2.35. The number of anilines is 1. The molecule has 0 radical (unpaired) electrons. The third-order valence-electron chi connectivity index (χ3n) is 15.7. The second kappa shape index (κ2) is 22.6. The van der Waals surface area contributed by atoms with Crippen LogP contribution in [-0.2, 0) is 16.1 Å². The van der Waals surface area contributed by atoms with Gasteiger partial charge in [0.1, 0.15) is 11.1 Å². The van der Waals surface area contributed by atoms with E-state index in [1.807, 2.05) is 42.7 Å². The van der Waals surface area contributed by atoms with E-state index in [0.717, 1.165) is 88.8 Å². The fourth-order valence-electron chi connectivity index (χ4n) is 12.0. The summed E-state index contributed by atoms with van der Waals surface area (Å²) in [6.45, 7) is 0.875. The Labute approximate surface area is 382 Å². The van der Waals surface area contributed by atoms with Gasteiger partial charge < -0.3 is 27.4 Å². The number of hydrogen-bond acceptors (Lipinski definition) is 9. The number of hydrogen-bond donors (Lipinski definition) is 5. The lowest BCUT2D eigenvalue weighted by Crippen LogP contribution is -2.45. The highest BCUT2D eigenvalue weighted by Gasteiger charge is 2.49. The number of aromatic nitrogens is 1. The molecule has 4 fully saturated rings. The first-order chi connectivity index (χ1) is 31.0. The molecule has 6 aliphatic rings. The molecule has 350 valence electrons. The maximum atomic E-state index is 13.3. The highest BCUT2D eigenvalue weighted by Crippen LogP contribution is 2.42. The number of benzene rings is 1. The number of urea groups is 1. The van der Waals surface area contributed by atoms with Crippen LogP contribution in [0.4, 0.5) is 10.5 Å². The molecule has 0 unspecified atom stereocenters. The molecular formula is C51H78N10O3. The summed E-state index contributed by atoms with van der Waals surface area (Å²) in [5.74, 6) is 3.23. The molecule has 1 aromatic heterocycles. The van der Waals surface area contributed by atoms with Crippen LogP contribution in [0.1, 0.15) is 160 Å². The van der Waals surface area contributed by atoms with Gasteiger partial charge in [0.15, 0.2) is 11.9 Å². The first-order valence-electron chi connectivity index (χ1n) is 25.0. The molecule has 3 heterocycles. The van der Waals surface area contributed by atoms with Crippen molar-refractivity contribution in [1.82, 2.24) is 25.4 Å². The van der Waals surface area contributed by atoms with E-state index in [4.69, 9.17) is 21.5 Å². The topological polar surface area (TPSA) is 183 Å². The summed E-state index contributed by atoms with van der Waals surface area (Å²) in [6.07, 6.45) is 30.9. The van der Waals surface area contributed by atoms with Crippen molar-refractivity contribution < 1.29 is 14.4 Å². The van der Waals surface area contributed by atoms with Crippen LogP contribution in [0.25, 0.3) is 0 Å². The maximum absolute atomic E-state index is 13.3. The molecule has 2 aromatic rings. The van der Waals surface area contributed by atoms with E-state index in [1.165, 1.54) is 93.9 Å². The Kier molecular flexibility index (Phi) is 16.7. The first kappa shape index (κ1) is 47.4. The molecular weight excluding hydrogens is 801 g/mol. The molecule has 13 heteroatoms. The summed E-state index contributed by atoms with van der Waals surface area (Å²) >= 11 is 0. The Morgan fingerprint density at radius 1 is 0.641 bits per heavy atom. The summed E-state index contributed by atoms with van der Waals surface area (Å²) < 4.78 is 0. The smallest absolute Gasteiger partial charge is 0.319 e. The number of aliphatic imine (C=N–C) groups is 2. The van der Waals surface area contributed by atoms with E-state index in [2.05, 4.69) is 33.1 Å². The predicted molar refractivity (Wildman–Crippen MR) is 256 cm³/mol. The number of pyridine rings is 1. The van der Waals surface area contributed by atoms with E-state index in [9.17, 15) is 14.4 Å². The third kappa shape index (κ3) is 12.6. The van der Waals surface area contributed by atoms with Gasteiger partial charge in [0, 0.05) is 50.8 Å². The Morgan fingerprint density at radius 2 is 1.12 bits per heavy atom. The van der Waals surface area contributed by atoms with E-state index in [-0.39, 0.29) is 23.9 Å². The van der Waals surface area contributed by atoms with Crippen LogP contribution in [0.15, 0.2) is 64.8 Å². The lowest BCUT2D eigenvalue weighted by molar-refractivity contribution is -0.132. The van der Waals surface area contributed by atoms with Gasteiger partial charge in [0.25, 0.3) is 11.8 Å². The van der Waals surface area contributed by atoms with Crippen molar-refractivity contribution in [3.8, 4) is 0 Å². The van der Waals surface area contributed by atoms with Crippen molar-refractivity contribution in [3.05, 3.63) is 60.4 Å². The van der Waals surface area contributed by atoms with Crippen molar-refractivity contribution in [2.45, 2.75) is 184 Å².